The fourth-order valence-corrected chi connectivity index (χ4v) is 7.07. The van der Waals surface area contributed by atoms with Gasteiger partial charge in [-0.05, 0) is 51.4 Å². The first-order valence-corrected chi connectivity index (χ1v) is 23.9. The number of esters is 2. The molecule has 0 spiro atoms. The number of allylic oxidation sites excluding steroid dienone is 10. The van der Waals surface area contributed by atoms with Gasteiger partial charge in [-0.2, -0.15) is 0 Å². The van der Waals surface area contributed by atoms with Gasteiger partial charge in [0.25, 0.3) is 0 Å². The molecule has 11 unspecified atom stereocenters. The molecule has 2 aliphatic rings. The number of carbonyl (C=O) groups is 2. The number of carbonyl (C=O) groups excluding carboxylic acids is 2. The molecule has 0 saturated carbocycles. The standard InChI is InChI=1S/C49H82O15/c1-3-5-7-9-11-13-15-16-17-18-19-20-22-24-26-28-30-32-41(52)62-37(34-59-40(51)31-29-27-25-23-21-14-12-10-8-6-4-2)35-60-48-47(58)45(56)43(54)39(64-48)36-61-49-46(57)44(55)42(53)38(33-50)63-49/h5,7,11,13,16-17,19-20,24,26,37-39,42-50,53-58H,3-4,6,8-10,12,14-15,18,21-23,25,27-36H2,1-2H3/b7-5-,13-11-,17-16-,20-19-,26-24-. The van der Waals surface area contributed by atoms with Crippen LogP contribution in [0.3, 0.4) is 0 Å². The molecule has 7 N–H and O–H groups in total. The summed E-state index contributed by atoms with van der Waals surface area (Å²) in [6, 6.07) is 0. The molecule has 2 fully saturated rings. The van der Waals surface area contributed by atoms with E-state index in [9.17, 15) is 45.3 Å². The van der Waals surface area contributed by atoms with E-state index in [1.54, 1.807) is 0 Å². The van der Waals surface area contributed by atoms with Crippen molar-refractivity contribution in [1.29, 1.82) is 0 Å². The fraction of sp³-hybridized carbons (Fsp3) is 0.755. The van der Waals surface area contributed by atoms with Crippen LogP contribution in [0, 0.1) is 0 Å². The van der Waals surface area contributed by atoms with Crippen LogP contribution in [0.2, 0.25) is 0 Å². The van der Waals surface area contributed by atoms with E-state index in [4.69, 9.17) is 28.4 Å². The highest BCUT2D eigenvalue weighted by Crippen LogP contribution is 2.26. The third kappa shape index (κ3) is 24.6. The van der Waals surface area contributed by atoms with Crippen LogP contribution in [0.15, 0.2) is 60.8 Å². The van der Waals surface area contributed by atoms with Gasteiger partial charge < -0.3 is 64.2 Å². The SMILES string of the molecule is CC/C=C\C/C=C\C/C=C\C/C=C\C/C=C\CCCC(=O)OC(COC(=O)CCCCCCCCCCCCC)COC1OC(COC2OC(CO)C(O)C(O)C2O)C(O)C(O)C1O. The van der Waals surface area contributed by atoms with Crippen LogP contribution in [0.4, 0.5) is 0 Å². The molecular formula is C49H82O15. The van der Waals surface area contributed by atoms with Crippen molar-refractivity contribution in [3.05, 3.63) is 60.8 Å². The zero-order chi connectivity index (χ0) is 46.8. The Balaban J connectivity index is 1.87. The first kappa shape index (κ1) is 57.3. The molecule has 11 atom stereocenters. The number of ether oxygens (including phenoxy) is 6. The summed E-state index contributed by atoms with van der Waals surface area (Å²) in [6.07, 6.45) is 22.7. The summed E-state index contributed by atoms with van der Waals surface area (Å²) >= 11 is 0. The maximum absolute atomic E-state index is 12.9. The van der Waals surface area contributed by atoms with Crippen LogP contribution >= 0.6 is 0 Å². The summed E-state index contributed by atoms with van der Waals surface area (Å²) in [5, 5.41) is 71.9. The minimum atomic E-state index is -1.78. The minimum Gasteiger partial charge on any atom is -0.462 e. The monoisotopic (exact) mass is 911 g/mol. The summed E-state index contributed by atoms with van der Waals surface area (Å²) in [5.74, 6) is -0.998. The molecule has 2 aliphatic heterocycles. The van der Waals surface area contributed by atoms with E-state index < -0.39 is 99.3 Å². The zero-order valence-corrected chi connectivity index (χ0v) is 38.5. The van der Waals surface area contributed by atoms with E-state index in [1.165, 1.54) is 44.9 Å². The molecule has 0 aromatic heterocycles. The van der Waals surface area contributed by atoms with Gasteiger partial charge in [-0.15, -0.1) is 0 Å². The van der Waals surface area contributed by atoms with Gasteiger partial charge in [-0.25, -0.2) is 0 Å². The fourth-order valence-electron chi connectivity index (χ4n) is 7.07. The lowest BCUT2D eigenvalue weighted by Crippen LogP contribution is -2.61. The smallest absolute Gasteiger partial charge is 0.306 e. The second-order valence-corrected chi connectivity index (χ2v) is 16.6. The van der Waals surface area contributed by atoms with Crippen LogP contribution in [-0.2, 0) is 38.0 Å². The van der Waals surface area contributed by atoms with Crippen molar-refractivity contribution in [3.8, 4) is 0 Å². The van der Waals surface area contributed by atoms with Gasteiger partial charge in [0.15, 0.2) is 18.7 Å². The van der Waals surface area contributed by atoms with Gasteiger partial charge in [0.1, 0.15) is 55.4 Å². The van der Waals surface area contributed by atoms with Gasteiger partial charge >= 0.3 is 11.9 Å². The number of unbranched alkanes of at least 4 members (excludes halogenated alkanes) is 11. The van der Waals surface area contributed by atoms with Gasteiger partial charge in [0.2, 0.25) is 0 Å². The van der Waals surface area contributed by atoms with E-state index in [1.807, 2.05) is 12.2 Å². The van der Waals surface area contributed by atoms with E-state index in [0.29, 0.717) is 19.3 Å². The third-order valence-electron chi connectivity index (χ3n) is 11.0. The molecule has 0 radical (unpaired) electrons. The second-order valence-electron chi connectivity index (χ2n) is 16.6. The first-order chi connectivity index (χ1) is 31.0. The Morgan fingerprint density at radius 3 is 1.53 bits per heavy atom. The van der Waals surface area contributed by atoms with Crippen LogP contribution in [0.5, 0.6) is 0 Å². The first-order valence-electron chi connectivity index (χ1n) is 23.9. The van der Waals surface area contributed by atoms with Crippen molar-refractivity contribution in [2.45, 2.75) is 210 Å². The molecule has 0 aromatic rings. The van der Waals surface area contributed by atoms with Gasteiger partial charge in [-0.3, -0.25) is 9.59 Å². The molecule has 2 rings (SSSR count). The minimum absolute atomic E-state index is 0.0856. The van der Waals surface area contributed by atoms with Crippen molar-refractivity contribution < 1.29 is 73.8 Å². The Morgan fingerprint density at radius 1 is 0.516 bits per heavy atom. The quantitative estimate of drug-likeness (QED) is 0.0230. The maximum Gasteiger partial charge on any atom is 0.306 e. The predicted octanol–water partition coefficient (Wildman–Crippen LogP) is 5.70. The Labute approximate surface area is 381 Å². The largest absolute Gasteiger partial charge is 0.462 e. The summed E-state index contributed by atoms with van der Waals surface area (Å²) in [7, 11) is 0. The number of hydrogen-bond acceptors (Lipinski definition) is 15. The van der Waals surface area contributed by atoms with Crippen molar-refractivity contribution in [3.63, 3.8) is 0 Å². The van der Waals surface area contributed by atoms with Gasteiger partial charge in [0.05, 0.1) is 19.8 Å². The summed E-state index contributed by atoms with van der Waals surface area (Å²) in [4.78, 5) is 25.6. The molecule has 15 nitrogen and oxygen atoms in total. The summed E-state index contributed by atoms with van der Waals surface area (Å²) < 4.78 is 33.4. The van der Waals surface area contributed by atoms with Crippen molar-refractivity contribution in [1.82, 2.24) is 0 Å². The molecule has 0 aromatic carbocycles. The molecule has 0 bridgehead atoms. The lowest BCUT2D eigenvalue weighted by atomic mass is 9.98. The van der Waals surface area contributed by atoms with E-state index >= 15 is 0 Å². The lowest BCUT2D eigenvalue weighted by molar-refractivity contribution is -0.332. The Morgan fingerprint density at radius 2 is 0.984 bits per heavy atom. The Kier molecular flexibility index (Phi) is 32.5. The Bertz CT molecular complexity index is 1350. The van der Waals surface area contributed by atoms with Gasteiger partial charge in [-0.1, -0.05) is 139 Å². The Hall–Kier alpha value is -2.80. The molecular weight excluding hydrogens is 829 g/mol. The summed E-state index contributed by atoms with van der Waals surface area (Å²) in [5.41, 5.74) is 0. The predicted molar refractivity (Wildman–Crippen MR) is 243 cm³/mol. The lowest BCUT2D eigenvalue weighted by Gasteiger charge is -2.42. The number of rotatable bonds is 35. The average molecular weight is 911 g/mol. The molecule has 0 aliphatic carbocycles. The number of aliphatic hydroxyl groups is 7. The van der Waals surface area contributed by atoms with Crippen LogP contribution in [0.25, 0.3) is 0 Å². The molecule has 2 saturated heterocycles. The average Bonchev–Trinajstić information content (AvgIpc) is 3.29. The van der Waals surface area contributed by atoms with Crippen molar-refractivity contribution in [2.75, 3.05) is 26.4 Å². The molecule has 2 heterocycles. The van der Waals surface area contributed by atoms with Crippen LogP contribution in [-0.4, -0.2) is 142 Å². The maximum atomic E-state index is 12.9. The van der Waals surface area contributed by atoms with Crippen LogP contribution in [0.1, 0.15) is 142 Å². The topological polar surface area (TPSA) is 231 Å². The highest BCUT2D eigenvalue weighted by molar-refractivity contribution is 5.70. The normalized spacial score (nSPS) is 27.1. The molecule has 15 heteroatoms. The van der Waals surface area contributed by atoms with Gasteiger partial charge in [0, 0.05) is 12.8 Å². The van der Waals surface area contributed by atoms with Crippen molar-refractivity contribution in [2.24, 2.45) is 0 Å². The van der Waals surface area contributed by atoms with E-state index in [-0.39, 0.29) is 19.4 Å². The zero-order valence-electron chi connectivity index (χ0n) is 38.5. The van der Waals surface area contributed by atoms with Crippen molar-refractivity contribution >= 4 is 11.9 Å². The number of hydrogen-bond donors (Lipinski definition) is 7. The highest BCUT2D eigenvalue weighted by atomic mass is 16.7. The van der Waals surface area contributed by atoms with E-state index in [2.05, 4.69) is 62.5 Å². The summed E-state index contributed by atoms with van der Waals surface area (Å²) in [6.45, 7) is 2.38. The molecule has 64 heavy (non-hydrogen) atoms. The molecule has 368 valence electrons. The number of aliphatic hydroxyl groups excluding tert-OH is 7. The molecule has 0 amide bonds. The highest BCUT2D eigenvalue weighted by Gasteiger charge is 2.47. The van der Waals surface area contributed by atoms with Crippen LogP contribution < -0.4 is 0 Å². The third-order valence-corrected chi connectivity index (χ3v) is 11.0. The van der Waals surface area contributed by atoms with E-state index in [0.717, 1.165) is 51.4 Å². The second kappa shape index (κ2) is 36.3.